The van der Waals surface area contributed by atoms with Crippen LogP contribution in [0.1, 0.15) is 189 Å². The molecule has 6 heteroatoms. The Morgan fingerprint density at radius 3 is 1.55 bits per heavy atom. The maximum absolute atomic E-state index is 11.8. The Morgan fingerprint density at radius 2 is 1.06 bits per heavy atom. The van der Waals surface area contributed by atoms with Gasteiger partial charge in [-0.15, -0.1) is 0 Å². The molecule has 0 rings (SSSR count). The lowest BCUT2D eigenvalue weighted by Gasteiger charge is -2.33. The maximum Gasteiger partial charge on any atom is 0.407 e. The van der Waals surface area contributed by atoms with Gasteiger partial charge in [-0.3, -0.25) is 4.90 Å². The van der Waals surface area contributed by atoms with Gasteiger partial charge >= 0.3 is 6.09 Å². The van der Waals surface area contributed by atoms with Crippen LogP contribution in [0.3, 0.4) is 0 Å². The van der Waals surface area contributed by atoms with Gasteiger partial charge in [-0.25, -0.2) is 4.79 Å². The van der Waals surface area contributed by atoms with Crippen LogP contribution in [-0.4, -0.2) is 79.1 Å². The minimum Gasteiger partial charge on any atom is -0.465 e. The first-order valence-corrected chi connectivity index (χ1v) is 22.5. The molecular formula is C47H88N2O4. The molecule has 53 heavy (non-hydrogen) atoms. The highest BCUT2D eigenvalue weighted by Crippen LogP contribution is 2.15. The molecule has 0 aliphatic heterocycles. The zero-order chi connectivity index (χ0) is 38.9. The van der Waals surface area contributed by atoms with E-state index in [-0.39, 0.29) is 12.1 Å². The van der Waals surface area contributed by atoms with Crippen molar-refractivity contribution < 1.29 is 19.4 Å². The topological polar surface area (TPSA) is 62.2 Å². The third kappa shape index (κ3) is 34.3. The summed E-state index contributed by atoms with van der Waals surface area (Å²) in [5, 5.41) is 9.72. The van der Waals surface area contributed by atoms with Crippen molar-refractivity contribution in [1.82, 2.24) is 9.80 Å². The molecule has 0 heterocycles. The lowest BCUT2D eigenvalue weighted by atomic mass is 10.1. The van der Waals surface area contributed by atoms with Crippen molar-refractivity contribution in [1.29, 1.82) is 0 Å². The molecule has 0 aliphatic rings. The fourth-order valence-corrected chi connectivity index (χ4v) is 6.72. The normalized spacial score (nSPS) is 13.5. The lowest BCUT2D eigenvalue weighted by Crippen LogP contribution is -2.48. The van der Waals surface area contributed by atoms with Crippen molar-refractivity contribution in [3.63, 3.8) is 0 Å². The standard InChI is InChI=1S/C47H88N2O4/c1-6-11-13-15-17-19-21-23-24-25-27-29-31-33-35-37-41-53-46(38-36-34-32-30-28-26-22-20-18-16-14-12-7-2)39-42-52-44-45(48(9-4)10-5)43-49(40-8-3)47(50)51/h17-20,23-24,26,28,45-46H,6-16,21-22,25,27,29-44H2,1-5H3,(H,50,51)/b19-17+,20-18-,24-23+,28-26-. The molecule has 6 nitrogen and oxygen atoms in total. The third-order valence-electron chi connectivity index (χ3n) is 10.1. The zero-order valence-electron chi connectivity index (χ0n) is 35.8. The zero-order valence-corrected chi connectivity index (χ0v) is 35.8. The van der Waals surface area contributed by atoms with Crippen LogP contribution in [0.25, 0.3) is 0 Å². The Morgan fingerprint density at radius 1 is 0.566 bits per heavy atom. The van der Waals surface area contributed by atoms with E-state index in [1.54, 1.807) is 4.90 Å². The molecule has 0 saturated carbocycles. The number of carbonyl (C=O) groups is 1. The molecule has 0 aromatic carbocycles. The van der Waals surface area contributed by atoms with Crippen molar-refractivity contribution in [3.05, 3.63) is 48.6 Å². The molecule has 0 aromatic heterocycles. The maximum atomic E-state index is 11.8. The second-order valence-electron chi connectivity index (χ2n) is 14.9. The van der Waals surface area contributed by atoms with Crippen molar-refractivity contribution in [2.75, 3.05) is 46.0 Å². The fourth-order valence-electron chi connectivity index (χ4n) is 6.72. The number of rotatable bonds is 40. The lowest BCUT2D eigenvalue weighted by molar-refractivity contribution is -0.000890. The molecule has 1 amide bonds. The molecular weight excluding hydrogens is 657 g/mol. The smallest absolute Gasteiger partial charge is 0.407 e. The van der Waals surface area contributed by atoms with Crippen LogP contribution in [0.5, 0.6) is 0 Å². The third-order valence-corrected chi connectivity index (χ3v) is 10.1. The van der Waals surface area contributed by atoms with Gasteiger partial charge in [0.1, 0.15) is 0 Å². The molecule has 0 spiro atoms. The highest BCUT2D eigenvalue weighted by Gasteiger charge is 2.22. The van der Waals surface area contributed by atoms with Gasteiger partial charge in [-0.1, -0.05) is 147 Å². The Labute approximate surface area is 329 Å². The van der Waals surface area contributed by atoms with E-state index < -0.39 is 6.09 Å². The van der Waals surface area contributed by atoms with Crippen LogP contribution in [-0.2, 0) is 9.47 Å². The van der Waals surface area contributed by atoms with Gasteiger partial charge in [0.15, 0.2) is 0 Å². The summed E-state index contributed by atoms with van der Waals surface area (Å²) in [5.74, 6) is 0. The summed E-state index contributed by atoms with van der Waals surface area (Å²) in [6, 6.07) is 0.0647. The average Bonchev–Trinajstić information content (AvgIpc) is 3.15. The van der Waals surface area contributed by atoms with Gasteiger partial charge < -0.3 is 19.5 Å². The molecule has 0 aliphatic carbocycles. The van der Waals surface area contributed by atoms with Crippen molar-refractivity contribution >= 4 is 6.09 Å². The number of ether oxygens (including phenoxy) is 2. The molecule has 2 atom stereocenters. The van der Waals surface area contributed by atoms with Gasteiger partial charge in [0.2, 0.25) is 0 Å². The average molecular weight is 745 g/mol. The molecule has 0 aromatic rings. The first-order chi connectivity index (χ1) is 26.0. The number of likely N-dealkylation sites (N-methyl/N-ethyl adjacent to an activating group) is 1. The van der Waals surface area contributed by atoms with Crippen LogP contribution in [0.15, 0.2) is 48.6 Å². The Kier molecular flexibility index (Phi) is 39.8. The predicted octanol–water partition coefficient (Wildman–Crippen LogP) is 13.7. The molecule has 2 unspecified atom stereocenters. The van der Waals surface area contributed by atoms with Crippen LogP contribution in [0.2, 0.25) is 0 Å². The van der Waals surface area contributed by atoms with Crippen LogP contribution >= 0.6 is 0 Å². The molecule has 1 N–H and O–H groups in total. The summed E-state index contributed by atoms with van der Waals surface area (Å²) in [4.78, 5) is 15.7. The molecule has 0 bridgehead atoms. The predicted molar refractivity (Wildman–Crippen MR) is 231 cm³/mol. The van der Waals surface area contributed by atoms with E-state index in [4.69, 9.17) is 9.47 Å². The number of unbranched alkanes of at least 4 members (excludes halogenated alkanes) is 15. The van der Waals surface area contributed by atoms with Gasteiger partial charge in [0.25, 0.3) is 0 Å². The molecule has 0 radical (unpaired) electrons. The van der Waals surface area contributed by atoms with Crippen molar-refractivity contribution in [2.24, 2.45) is 0 Å². The molecule has 0 saturated heterocycles. The molecule has 310 valence electrons. The number of hydrogen-bond acceptors (Lipinski definition) is 4. The van der Waals surface area contributed by atoms with Crippen molar-refractivity contribution in [3.8, 4) is 0 Å². The number of amides is 1. The number of hydrogen-bond donors (Lipinski definition) is 1. The minimum atomic E-state index is -0.841. The van der Waals surface area contributed by atoms with E-state index in [1.807, 2.05) is 6.92 Å². The Balaban J connectivity index is 4.59. The number of allylic oxidation sites excluding steroid dienone is 8. The van der Waals surface area contributed by atoms with Gasteiger partial charge in [0.05, 0.1) is 18.8 Å². The number of nitrogens with zero attached hydrogens (tertiary/aromatic N) is 2. The van der Waals surface area contributed by atoms with Crippen LogP contribution < -0.4 is 0 Å². The summed E-state index contributed by atoms with van der Waals surface area (Å²) >= 11 is 0. The van der Waals surface area contributed by atoms with Gasteiger partial charge in [0, 0.05) is 26.3 Å². The van der Waals surface area contributed by atoms with E-state index in [1.165, 1.54) is 109 Å². The van der Waals surface area contributed by atoms with E-state index in [2.05, 4.69) is 81.2 Å². The van der Waals surface area contributed by atoms with Crippen LogP contribution in [0.4, 0.5) is 4.79 Å². The number of carboxylic acid groups (broad SMARTS) is 1. The summed E-state index contributed by atoms with van der Waals surface area (Å²) < 4.78 is 12.7. The highest BCUT2D eigenvalue weighted by molar-refractivity contribution is 5.64. The monoisotopic (exact) mass is 745 g/mol. The fraction of sp³-hybridized carbons (Fsp3) is 0.809. The first-order valence-electron chi connectivity index (χ1n) is 22.5. The van der Waals surface area contributed by atoms with Crippen molar-refractivity contribution in [2.45, 2.75) is 201 Å². The van der Waals surface area contributed by atoms with E-state index in [9.17, 15) is 9.90 Å². The Bertz CT molecular complexity index is 882. The van der Waals surface area contributed by atoms with E-state index in [0.717, 1.165) is 64.6 Å². The second-order valence-corrected chi connectivity index (χ2v) is 14.9. The van der Waals surface area contributed by atoms with E-state index >= 15 is 0 Å². The highest BCUT2D eigenvalue weighted by atomic mass is 16.5. The second kappa shape index (κ2) is 41.3. The van der Waals surface area contributed by atoms with Gasteiger partial charge in [-0.05, 0) is 103 Å². The quantitative estimate of drug-likeness (QED) is 0.0500. The van der Waals surface area contributed by atoms with E-state index in [0.29, 0.717) is 26.3 Å². The SMILES string of the molecule is CCCCC/C=C\C/C=C\CCCCCC(CCOCC(CN(CCC)C(=O)O)N(CC)CC)OCCCCCCCC/C=C/C/C=C/CCCCC. The summed E-state index contributed by atoms with van der Waals surface area (Å²) in [6.45, 7) is 15.7. The largest absolute Gasteiger partial charge is 0.465 e. The van der Waals surface area contributed by atoms with Gasteiger partial charge in [-0.2, -0.15) is 0 Å². The summed E-state index contributed by atoms with van der Waals surface area (Å²) in [5.41, 5.74) is 0. The first kappa shape index (κ1) is 51.1. The minimum absolute atomic E-state index is 0.0647. The molecule has 0 fully saturated rings. The van der Waals surface area contributed by atoms with Crippen LogP contribution in [0, 0.1) is 0 Å². The summed E-state index contributed by atoms with van der Waals surface area (Å²) in [7, 11) is 0. The Hall–Kier alpha value is -1.89. The summed E-state index contributed by atoms with van der Waals surface area (Å²) in [6.07, 6.45) is 46.9.